The molecule has 0 heterocycles. The van der Waals surface area contributed by atoms with E-state index < -0.39 is 5.97 Å². The van der Waals surface area contributed by atoms with Gasteiger partial charge >= 0.3 is 33.1 Å². The number of carbonyl (C=O) groups is 1. The first-order chi connectivity index (χ1) is 5.30. The van der Waals surface area contributed by atoms with Crippen molar-refractivity contribution >= 4 is 14.2 Å². The number of rotatable bonds is 1. The third-order valence-corrected chi connectivity index (χ3v) is 1.01. The van der Waals surface area contributed by atoms with Crippen LogP contribution in [0.1, 0.15) is 10.4 Å². The van der Waals surface area contributed by atoms with Crippen molar-refractivity contribution in [3.8, 4) is 0 Å². The molecule has 0 aliphatic heterocycles. The van der Waals surface area contributed by atoms with E-state index in [4.69, 9.17) is 8.25 Å². The zero-order valence-electron chi connectivity index (χ0n) is 5.79. The summed E-state index contributed by atoms with van der Waals surface area (Å²) in [5.41, 5.74) is 0.220. The van der Waals surface area contributed by atoms with Crippen molar-refractivity contribution in [1.29, 1.82) is 0 Å². The predicted molar refractivity (Wildman–Crippen MR) is 36.6 cm³/mol. The second kappa shape index (κ2) is 6.61. The molecule has 4 heteroatoms. The molecule has 0 unspecified atom stereocenters. The van der Waals surface area contributed by atoms with Gasteiger partial charge in [0.05, 0.1) is 5.97 Å². The number of carboxylic acids is 1. The molecule has 1 aromatic rings. The Hall–Kier alpha value is -0.0849. The van der Waals surface area contributed by atoms with Crippen LogP contribution in [-0.2, 0) is 24.9 Å². The Morgan fingerprint density at radius 3 is 2.00 bits per heavy atom. The number of carboxylic acid groups (broad SMARTS) is 1. The molecule has 54 valence electrons. The monoisotopic (exact) mass is 358 g/mol. The Balaban J connectivity index is 0.000000461. The molecule has 0 saturated carbocycles. The van der Waals surface area contributed by atoms with Gasteiger partial charge in [-0.2, -0.15) is 0 Å². The number of halogens is 1. The zero-order valence-corrected chi connectivity index (χ0v) is 12.0. The van der Waals surface area contributed by atoms with Gasteiger partial charge in [0.1, 0.15) is 0 Å². The van der Waals surface area contributed by atoms with E-state index in [1.807, 2.05) is 0 Å². The molecule has 2 nitrogen and oxygen atoms in total. The second-order valence-corrected chi connectivity index (χ2v) is 1.65. The number of hydrogen-bond donors (Lipinski definition) is 0. The Labute approximate surface area is 84.6 Å². The molecule has 0 atom stereocenters. The fourth-order valence-electron chi connectivity index (χ4n) is 0.574. The van der Waals surface area contributed by atoms with Crippen LogP contribution in [0, 0.1) is 0 Å². The summed E-state index contributed by atoms with van der Waals surface area (Å²) in [6, 6.07) is 8.06. The topological polar surface area (TPSA) is 40.1 Å². The van der Waals surface area contributed by atoms with E-state index in [2.05, 4.69) is 0 Å². The van der Waals surface area contributed by atoms with Gasteiger partial charge < -0.3 is 9.90 Å². The molecular weight excluding hydrogens is 352 g/mol. The van der Waals surface area contributed by atoms with Crippen LogP contribution in [0.15, 0.2) is 30.3 Å². The maximum atomic E-state index is 10.1. The molecule has 0 aliphatic carbocycles. The van der Waals surface area contributed by atoms with Crippen LogP contribution in [0.4, 0.5) is 0 Å². The van der Waals surface area contributed by atoms with Crippen molar-refractivity contribution in [3.63, 3.8) is 0 Å². The van der Waals surface area contributed by atoms with Crippen LogP contribution < -0.4 is 5.11 Å². The summed E-state index contributed by atoms with van der Waals surface area (Å²) >= 11 is 0.500. The van der Waals surface area contributed by atoms with Gasteiger partial charge in [0.15, 0.2) is 0 Å². The Morgan fingerprint density at radius 2 is 1.73 bits per heavy atom. The van der Waals surface area contributed by atoms with Gasteiger partial charge in [0.25, 0.3) is 0 Å². The van der Waals surface area contributed by atoms with Gasteiger partial charge in [-0.25, -0.2) is 0 Å². The van der Waals surface area contributed by atoms with Crippen LogP contribution in [0.2, 0.25) is 0 Å². The van der Waals surface area contributed by atoms with E-state index in [0.717, 1.165) is 0 Å². The molecule has 1 rings (SSSR count). The van der Waals surface area contributed by atoms with Gasteiger partial charge in [-0.1, -0.05) is 30.3 Å². The summed E-state index contributed by atoms with van der Waals surface area (Å²) in [7, 11) is 4.83. The number of benzene rings is 1. The number of aromatic carboxylic acids is 1. The number of hydrogen-bond acceptors (Lipinski definition) is 2. The fraction of sp³-hybridized carbons (Fsp3) is 0. The number of carbonyl (C=O) groups excluding carboxylic acids is 1. The summed E-state index contributed by atoms with van der Waals surface area (Å²) in [4.78, 5) is 10.1. The molecule has 0 aliphatic rings. The molecular formula is C7H5ClHgO2. The van der Waals surface area contributed by atoms with Crippen molar-refractivity contribution < 1.29 is 34.8 Å². The minimum atomic E-state index is -1.13. The van der Waals surface area contributed by atoms with E-state index in [0.29, 0.717) is 24.9 Å². The molecule has 0 saturated heterocycles. The first-order valence-corrected chi connectivity index (χ1v) is 9.60. The quantitative estimate of drug-likeness (QED) is 0.696. The molecule has 0 radical (unpaired) electrons. The summed E-state index contributed by atoms with van der Waals surface area (Å²) in [6.07, 6.45) is 0. The molecule has 0 bridgehead atoms. The average Bonchev–Trinajstić information content (AvgIpc) is 2.10. The molecule has 0 amide bonds. The summed E-state index contributed by atoms with van der Waals surface area (Å²) in [5, 5.41) is 10.1. The van der Waals surface area contributed by atoms with Crippen molar-refractivity contribution in [2.75, 3.05) is 0 Å². The van der Waals surface area contributed by atoms with Crippen molar-refractivity contribution in [2.24, 2.45) is 0 Å². The summed E-state index contributed by atoms with van der Waals surface area (Å²) < 4.78 is 0. The van der Waals surface area contributed by atoms with E-state index in [1.54, 1.807) is 18.2 Å². The fourth-order valence-corrected chi connectivity index (χ4v) is 0.574. The SMILES string of the molecule is O=C([O-])c1ccccc1.[Cl][Hg+]. The first-order valence-electron chi connectivity index (χ1n) is 2.84. The third-order valence-electron chi connectivity index (χ3n) is 1.01. The summed E-state index contributed by atoms with van der Waals surface area (Å²) in [5.74, 6) is -1.13. The normalized spacial score (nSPS) is 7.91. The van der Waals surface area contributed by atoms with Crippen molar-refractivity contribution in [3.05, 3.63) is 35.9 Å². The average molecular weight is 357 g/mol. The van der Waals surface area contributed by atoms with Crippen molar-refractivity contribution in [1.82, 2.24) is 0 Å². The first kappa shape index (κ1) is 10.9. The molecule has 0 fully saturated rings. The van der Waals surface area contributed by atoms with Crippen LogP contribution in [0.5, 0.6) is 0 Å². The molecule has 0 spiro atoms. The second-order valence-electron chi connectivity index (χ2n) is 1.65. The maximum absolute atomic E-state index is 10.1. The Bertz CT molecular complexity index is 213. The zero-order chi connectivity index (χ0) is 8.69. The third kappa shape index (κ3) is 4.38. The Kier molecular flexibility index (Phi) is 6.56. The van der Waals surface area contributed by atoms with Crippen molar-refractivity contribution in [2.45, 2.75) is 0 Å². The summed E-state index contributed by atoms with van der Waals surface area (Å²) in [6.45, 7) is 0. The van der Waals surface area contributed by atoms with Gasteiger partial charge in [-0.3, -0.25) is 0 Å². The van der Waals surface area contributed by atoms with Gasteiger partial charge in [-0.05, 0) is 5.56 Å². The molecule has 1 aromatic carbocycles. The minimum absolute atomic E-state index is 0.220. The van der Waals surface area contributed by atoms with Crippen LogP contribution in [-0.4, -0.2) is 5.97 Å². The van der Waals surface area contributed by atoms with Gasteiger partial charge in [0, 0.05) is 0 Å². The van der Waals surface area contributed by atoms with Crippen LogP contribution >= 0.6 is 8.25 Å². The van der Waals surface area contributed by atoms with Crippen LogP contribution in [0.25, 0.3) is 0 Å². The van der Waals surface area contributed by atoms with E-state index in [1.165, 1.54) is 12.1 Å². The standard InChI is InChI=1S/C7H6O2.ClH.Hg/c8-7(9)6-4-2-1-3-5-6;;/h1-5H,(H,8,9);1H;/q;;+2/p-2. The van der Waals surface area contributed by atoms with Gasteiger partial charge in [0.2, 0.25) is 0 Å². The molecule has 0 aromatic heterocycles. The molecule has 0 N–H and O–H groups in total. The van der Waals surface area contributed by atoms with Crippen LogP contribution in [0.3, 0.4) is 0 Å². The molecule has 11 heavy (non-hydrogen) atoms. The van der Waals surface area contributed by atoms with E-state index >= 15 is 0 Å². The van der Waals surface area contributed by atoms with Gasteiger partial charge in [-0.15, -0.1) is 0 Å². The van der Waals surface area contributed by atoms with E-state index in [-0.39, 0.29) is 5.56 Å². The van der Waals surface area contributed by atoms with E-state index in [9.17, 15) is 9.90 Å². The predicted octanol–water partition coefficient (Wildman–Crippen LogP) is 0.737. The Morgan fingerprint density at radius 1 is 1.27 bits per heavy atom.